The maximum absolute atomic E-state index is 14.0. The maximum Gasteiger partial charge on any atom is 0.274 e. The third-order valence-electron chi connectivity index (χ3n) is 5.95. The van der Waals surface area contributed by atoms with E-state index >= 15 is 0 Å². The van der Waals surface area contributed by atoms with Crippen LogP contribution in [0, 0.1) is 12.7 Å². The molecule has 2 amide bonds. The Hall–Kier alpha value is -3.52. The molecule has 162 valence electrons. The van der Waals surface area contributed by atoms with Crippen LogP contribution in [0.25, 0.3) is 0 Å². The highest BCUT2D eigenvalue weighted by Gasteiger charge is 2.69. The molecular weight excluding hydrogens is 431 g/mol. The number of nitrogens with zero attached hydrogens (tertiary/aromatic N) is 2. The molecule has 0 saturated carbocycles. The van der Waals surface area contributed by atoms with E-state index in [2.05, 4.69) is 0 Å². The molecule has 0 unspecified atom stereocenters. The highest BCUT2D eigenvalue weighted by molar-refractivity contribution is 7.94. The lowest BCUT2D eigenvalue weighted by Gasteiger charge is -2.32. The minimum absolute atomic E-state index is 0.0245. The fourth-order valence-electron chi connectivity index (χ4n) is 4.54. The zero-order chi connectivity index (χ0) is 22.7. The Bertz CT molecular complexity index is 1370. The van der Waals surface area contributed by atoms with Crippen molar-refractivity contribution in [1.82, 2.24) is 0 Å². The number of fused-ring (bicyclic) bond motifs is 2. The standard InChI is InChI=1S/C24H19FN2O4S/c1-16-9-11-17(12-10-16)14-26-21-8-3-2-7-20(21)24(23(26)29)27(22(28)15-32(24,30)31)19-6-4-5-18(25)13-19/h2-13H,14-15H2,1H3/t24-/m1/s1. The van der Waals surface area contributed by atoms with Crippen LogP contribution in [0.3, 0.4) is 0 Å². The van der Waals surface area contributed by atoms with E-state index in [0.717, 1.165) is 22.1 Å². The number of anilines is 2. The summed E-state index contributed by atoms with van der Waals surface area (Å²) >= 11 is 0. The Morgan fingerprint density at radius 2 is 1.69 bits per heavy atom. The molecule has 6 nitrogen and oxygen atoms in total. The second-order valence-electron chi connectivity index (χ2n) is 8.01. The van der Waals surface area contributed by atoms with E-state index in [0.29, 0.717) is 5.69 Å². The number of rotatable bonds is 3. The molecule has 8 heteroatoms. The second kappa shape index (κ2) is 7.00. The molecule has 0 bridgehead atoms. The zero-order valence-electron chi connectivity index (χ0n) is 17.2. The van der Waals surface area contributed by atoms with Gasteiger partial charge in [0.2, 0.25) is 5.91 Å². The van der Waals surface area contributed by atoms with Gasteiger partial charge in [-0.05, 0) is 36.8 Å². The Kier molecular flexibility index (Phi) is 4.46. The van der Waals surface area contributed by atoms with Crippen LogP contribution >= 0.6 is 0 Å². The summed E-state index contributed by atoms with van der Waals surface area (Å²) in [7, 11) is -4.28. The average molecular weight is 450 g/mol. The third kappa shape index (κ3) is 2.72. The van der Waals surface area contributed by atoms with Crippen molar-refractivity contribution in [3.05, 3.63) is 95.3 Å². The normalized spacial score (nSPS) is 21.4. The fourth-order valence-corrected chi connectivity index (χ4v) is 6.57. The summed E-state index contributed by atoms with van der Waals surface area (Å²) in [5.74, 6) is -2.97. The van der Waals surface area contributed by atoms with Crippen molar-refractivity contribution < 1.29 is 22.4 Å². The minimum atomic E-state index is -4.28. The summed E-state index contributed by atoms with van der Waals surface area (Å²) in [6.07, 6.45) is 0. The van der Waals surface area contributed by atoms with Crippen LogP contribution in [-0.4, -0.2) is 26.0 Å². The van der Waals surface area contributed by atoms with E-state index in [1.165, 1.54) is 23.1 Å². The topological polar surface area (TPSA) is 74.8 Å². The molecule has 5 rings (SSSR count). The van der Waals surface area contributed by atoms with E-state index in [1.54, 1.807) is 24.3 Å². The number of benzene rings is 3. The summed E-state index contributed by atoms with van der Waals surface area (Å²) in [4.78, 5) is 27.0. The van der Waals surface area contributed by atoms with Crippen LogP contribution in [0.5, 0.6) is 0 Å². The molecule has 32 heavy (non-hydrogen) atoms. The zero-order valence-corrected chi connectivity index (χ0v) is 18.0. The van der Waals surface area contributed by atoms with Gasteiger partial charge in [-0.1, -0.05) is 54.1 Å². The molecule has 1 fully saturated rings. The summed E-state index contributed by atoms with van der Waals surface area (Å²) in [6.45, 7) is 2.08. The predicted molar refractivity (Wildman–Crippen MR) is 118 cm³/mol. The maximum atomic E-state index is 14.0. The largest absolute Gasteiger partial charge is 0.304 e. The highest BCUT2D eigenvalue weighted by atomic mass is 32.2. The smallest absolute Gasteiger partial charge is 0.274 e. The molecule has 2 heterocycles. The molecule has 1 spiro atoms. The van der Waals surface area contributed by atoms with Gasteiger partial charge in [-0.2, -0.15) is 0 Å². The number of amides is 2. The third-order valence-corrected chi connectivity index (χ3v) is 8.05. The molecule has 0 aliphatic carbocycles. The number of halogens is 1. The lowest BCUT2D eigenvalue weighted by atomic mass is 10.0. The number of aryl methyl sites for hydroxylation is 1. The van der Waals surface area contributed by atoms with Crippen molar-refractivity contribution >= 4 is 33.0 Å². The summed E-state index contributed by atoms with van der Waals surface area (Å²) in [6, 6.07) is 19.2. The molecule has 0 N–H and O–H groups in total. The molecule has 0 aromatic heterocycles. The van der Waals surface area contributed by atoms with Crippen molar-refractivity contribution in [3.8, 4) is 0 Å². The molecule has 2 aliphatic heterocycles. The molecular formula is C24H19FN2O4S. The summed E-state index contributed by atoms with van der Waals surface area (Å²) in [5, 5.41) is 0. The van der Waals surface area contributed by atoms with Gasteiger partial charge in [0.1, 0.15) is 11.6 Å². The molecule has 1 atom stereocenters. The molecule has 0 radical (unpaired) electrons. The van der Waals surface area contributed by atoms with E-state index < -0.39 is 38.1 Å². The Morgan fingerprint density at radius 3 is 2.41 bits per heavy atom. The number of carbonyl (C=O) groups is 2. The van der Waals surface area contributed by atoms with Gasteiger partial charge in [0.05, 0.1) is 12.2 Å². The molecule has 2 aliphatic rings. The van der Waals surface area contributed by atoms with Crippen molar-refractivity contribution in [3.63, 3.8) is 0 Å². The molecule has 3 aromatic carbocycles. The number of hydrogen-bond donors (Lipinski definition) is 0. The van der Waals surface area contributed by atoms with Gasteiger partial charge in [0.25, 0.3) is 10.8 Å². The van der Waals surface area contributed by atoms with Gasteiger partial charge >= 0.3 is 0 Å². The first-order valence-electron chi connectivity index (χ1n) is 10.0. The summed E-state index contributed by atoms with van der Waals surface area (Å²) in [5.41, 5.74) is 2.51. The lowest BCUT2D eigenvalue weighted by molar-refractivity contribution is -0.123. The Balaban J connectivity index is 1.73. The first-order chi connectivity index (χ1) is 15.3. The van der Waals surface area contributed by atoms with E-state index in [1.807, 2.05) is 31.2 Å². The number of para-hydroxylation sites is 1. The first kappa shape index (κ1) is 20.4. The number of hydrogen-bond acceptors (Lipinski definition) is 4. The molecule has 1 saturated heterocycles. The Morgan fingerprint density at radius 1 is 0.969 bits per heavy atom. The fraction of sp³-hybridized carbons (Fsp3) is 0.167. The van der Waals surface area contributed by atoms with E-state index in [4.69, 9.17) is 0 Å². The Labute approximate surface area is 184 Å². The van der Waals surface area contributed by atoms with E-state index in [9.17, 15) is 22.4 Å². The van der Waals surface area contributed by atoms with Crippen molar-refractivity contribution in [2.75, 3.05) is 15.6 Å². The van der Waals surface area contributed by atoms with Crippen LogP contribution in [0.2, 0.25) is 0 Å². The van der Waals surface area contributed by atoms with Crippen molar-refractivity contribution in [2.24, 2.45) is 0 Å². The van der Waals surface area contributed by atoms with Crippen LogP contribution in [0.15, 0.2) is 72.8 Å². The van der Waals surface area contributed by atoms with E-state index in [-0.39, 0.29) is 17.8 Å². The summed E-state index contributed by atoms with van der Waals surface area (Å²) < 4.78 is 41.0. The van der Waals surface area contributed by atoms with Gasteiger partial charge in [0.15, 0.2) is 9.84 Å². The van der Waals surface area contributed by atoms with Gasteiger partial charge < -0.3 is 4.90 Å². The van der Waals surface area contributed by atoms with Crippen LogP contribution in [0.1, 0.15) is 16.7 Å². The predicted octanol–water partition coefficient (Wildman–Crippen LogP) is 3.30. The van der Waals surface area contributed by atoms with Gasteiger partial charge in [-0.3, -0.25) is 14.5 Å². The van der Waals surface area contributed by atoms with Crippen molar-refractivity contribution in [1.29, 1.82) is 0 Å². The monoisotopic (exact) mass is 450 g/mol. The van der Waals surface area contributed by atoms with Crippen LogP contribution < -0.4 is 9.80 Å². The highest BCUT2D eigenvalue weighted by Crippen LogP contribution is 2.52. The molecule has 3 aromatic rings. The number of carbonyl (C=O) groups excluding carboxylic acids is 2. The van der Waals surface area contributed by atoms with Gasteiger partial charge in [-0.25, -0.2) is 12.8 Å². The lowest BCUT2D eigenvalue weighted by Crippen LogP contribution is -2.54. The van der Waals surface area contributed by atoms with Gasteiger partial charge in [-0.15, -0.1) is 0 Å². The quantitative estimate of drug-likeness (QED) is 0.614. The van der Waals surface area contributed by atoms with Crippen LogP contribution in [-0.2, 0) is 30.8 Å². The first-order valence-corrected chi connectivity index (χ1v) is 11.7. The minimum Gasteiger partial charge on any atom is -0.304 e. The van der Waals surface area contributed by atoms with Crippen LogP contribution in [0.4, 0.5) is 15.8 Å². The van der Waals surface area contributed by atoms with Gasteiger partial charge in [0, 0.05) is 11.3 Å². The second-order valence-corrected chi connectivity index (χ2v) is 10.1. The number of sulfone groups is 1. The van der Waals surface area contributed by atoms with Crippen molar-refractivity contribution in [2.45, 2.75) is 18.3 Å². The SMILES string of the molecule is Cc1ccc(CN2C(=O)[C@]3(c4ccccc42)N(c2cccc(F)c2)C(=O)CS3(=O)=O)cc1. The average Bonchev–Trinajstić information content (AvgIpc) is 3.12.